The maximum Gasteiger partial charge on any atom is 0.231 e. The van der Waals surface area contributed by atoms with Gasteiger partial charge in [-0.15, -0.1) is 0 Å². The third kappa shape index (κ3) is 2.81. The summed E-state index contributed by atoms with van der Waals surface area (Å²) in [6.07, 6.45) is 1.22. The van der Waals surface area contributed by atoms with Crippen LogP contribution in [0.5, 0.6) is 23.0 Å². The second-order valence-corrected chi connectivity index (χ2v) is 6.32. The molecule has 2 aromatic carbocycles. The van der Waals surface area contributed by atoms with Gasteiger partial charge in [0, 0.05) is 29.7 Å². The second-order valence-electron chi connectivity index (χ2n) is 6.32. The normalized spacial score (nSPS) is 17.5. The minimum absolute atomic E-state index is 0.0365. The van der Waals surface area contributed by atoms with Gasteiger partial charge >= 0.3 is 0 Å². The van der Waals surface area contributed by atoms with Crippen molar-refractivity contribution >= 4 is 11.6 Å². The van der Waals surface area contributed by atoms with Crippen LogP contribution in [0.25, 0.3) is 0 Å². The van der Waals surface area contributed by atoms with Crippen LogP contribution in [-0.4, -0.2) is 26.4 Å². The van der Waals surface area contributed by atoms with Crippen molar-refractivity contribution in [1.82, 2.24) is 0 Å². The average Bonchev–Trinajstić information content (AvgIpc) is 3.11. The monoisotopic (exact) mass is 355 g/mol. The van der Waals surface area contributed by atoms with Gasteiger partial charge in [0.1, 0.15) is 0 Å². The third-order valence-electron chi connectivity index (χ3n) is 4.64. The number of fused-ring (bicyclic) bond motifs is 2. The van der Waals surface area contributed by atoms with E-state index in [0.717, 1.165) is 23.2 Å². The molecule has 0 unspecified atom stereocenters. The molecule has 26 heavy (non-hydrogen) atoms. The number of anilines is 1. The Morgan fingerprint density at radius 2 is 2.00 bits per heavy atom. The fraction of sp³-hybridized carbons (Fsp3) is 0.350. The molecule has 0 fully saturated rings. The van der Waals surface area contributed by atoms with E-state index < -0.39 is 0 Å². The molecule has 0 aliphatic carbocycles. The van der Waals surface area contributed by atoms with E-state index in [-0.39, 0.29) is 18.6 Å². The summed E-state index contributed by atoms with van der Waals surface area (Å²) in [6.45, 7) is 2.83. The number of hydrogen-bond donors (Lipinski definition) is 1. The van der Waals surface area contributed by atoms with Crippen molar-refractivity contribution in [2.45, 2.75) is 25.7 Å². The molecule has 2 heterocycles. The van der Waals surface area contributed by atoms with E-state index in [4.69, 9.17) is 18.9 Å². The summed E-state index contributed by atoms with van der Waals surface area (Å²) in [5.41, 5.74) is 2.68. The predicted molar refractivity (Wildman–Crippen MR) is 96.4 cm³/mol. The van der Waals surface area contributed by atoms with Gasteiger partial charge in [-0.05, 0) is 24.1 Å². The summed E-state index contributed by atoms with van der Waals surface area (Å²) >= 11 is 0. The van der Waals surface area contributed by atoms with Gasteiger partial charge < -0.3 is 24.3 Å². The largest absolute Gasteiger partial charge is 0.493 e. The number of amides is 1. The Bertz CT molecular complexity index is 848. The molecule has 2 aromatic rings. The molecule has 6 heteroatoms. The van der Waals surface area contributed by atoms with E-state index in [0.29, 0.717) is 36.0 Å². The summed E-state index contributed by atoms with van der Waals surface area (Å²) in [7, 11) is 1.62. The molecule has 1 atom stereocenters. The van der Waals surface area contributed by atoms with Crippen molar-refractivity contribution in [3.8, 4) is 23.0 Å². The molecule has 0 bridgehead atoms. The smallest absolute Gasteiger partial charge is 0.231 e. The van der Waals surface area contributed by atoms with Gasteiger partial charge in [-0.2, -0.15) is 0 Å². The zero-order valence-corrected chi connectivity index (χ0v) is 14.8. The Balaban J connectivity index is 1.83. The Hall–Kier alpha value is -2.89. The van der Waals surface area contributed by atoms with Gasteiger partial charge in [0.25, 0.3) is 0 Å². The van der Waals surface area contributed by atoms with E-state index >= 15 is 0 Å². The Labute approximate surface area is 152 Å². The van der Waals surface area contributed by atoms with Crippen LogP contribution in [0, 0.1) is 0 Å². The first-order chi connectivity index (χ1) is 12.7. The lowest BCUT2D eigenvalue weighted by molar-refractivity contribution is -0.116. The molecule has 2 aliphatic rings. The summed E-state index contributed by atoms with van der Waals surface area (Å²) < 4.78 is 22.4. The first-order valence-electron chi connectivity index (χ1n) is 8.74. The summed E-state index contributed by atoms with van der Waals surface area (Å²) in [6, 6.07) is 9.56. The highest BCUT2D eigenvalue weighted by Gasteiger charge is 2.32. The lowest BCUT2D eigenvalue weighted by Crippen LogP contribution is -2.24. The molecule has 2 aliphatic heterocycles. The summed E-state index contributed by atoms with van der Waals surface area (Å²) in [5, 5.41) is 2.93. The third-order valence-corrected chi connectivity index (χ3v) is 4.64. The maximum absolute atomic E-state index is 12.3. The molecule has 1 amide bonds. The van der Waals surface area contributed by atoms with Crippen molar-refractivity contribution in [3.63, 3.8) is 0 Å². The van der Waals surface area contributed by atoms with Crippen LogP contribution >= 0.6 is 0 Å². The highest BCUT2D eigenvalue weighted by Crippen LogP contribution is 2.48. The summed E-state index contributed by atoms with van der Waals surface area (Å²) in [5.74, 6) is 2.53. The van der Waals surface area contributed by atoms with Gasteiger partial charge in [-0.3, -0.25) is 4.79 Å². The predicted octanol–water partition coefficient (Wildman–Crippen LogP) is 3.69. The second kappa shape index (κ2) is 6.78. The van der Waals surface area contributed by atoms with Gasteiger partial charge in [0.2, 0.25) is 12.7 Å². The van der Waals surface area contributed by atoms with Gasteiger partial charge in [0.05, 0.1) is 13.7 Å². The average molecular weight is 355 g/mol. The Morgan fingerprint density at radius 3 is 2.77 bits per heavy atom. The molecular weight excluding hydrogens is 334 g/mol. The lowest BCUT2D eigenvalue weighted by Gasteiger charge is -2.28. The molecule has 0 spiro atoms. The number of benzene rings is 2. The van der Waals surface area contributed by atoms with E-state index in [1.165, 1.54) is 0 Å². The topological polar surface area (TPSA) is 66.0 Å². The first-order valence-corrected chi connectivity index (χ1v) is 8.74. The number of rotatable bonds is 5. The minimum Gasteiger partial charge on any atom is -0.493 e. The fourth-order valence-corrected chi connectivity index (χ4v) is 3.45. The Kier molecular flexibility index (Phi) is 4.32. The molecule has 0 radical (unpaired) electrons. The number of methoxy groups -OCH3 is 1. The number of carbonyl (C=O) groups is 1. The van der Waals surface area contributed by atoms with Crippen LogP contribution in [0.15, 0.2) is 30.3 Å². The number of hydrogen-bond acceptors (Lipinski definition) is 5. The van der Waals surface area contributed by atoms with Crippen LogP contribution in [0.4, 0.5) is 5.69 Å². The number of ether oxygens (including phenoxy) is 4. The van der Waals surface area contributed by atoms with Crippen molar-refractivity contribution < 1.29 is 23.7 Å². The highest BCUT2D eigenvalue weighted by atomic mass is 16.7. The molecule has 0 saturated heterocycles. The fourth-order valence-electron chi connectivity index (χ4n) is 3.45. The molecule has 0 saturated carbocycles. The standard InChI is InChI=1S/C20H21NO5/c1-3-7-24-20-12(5-4-6-16(20)23-2)13-9-19(22)21-15-10-18-17(8-14(13)15)25-11-26-18/h4-6,8,10,13H,3,7,9,11H2,1-2H3,(H,21,22)/t13-/m1/s1. The lowest BCUT2D eigenvalue weighted by atomic mass is 9.84. The number of para-hydroxylation sites is 1. The van der Waals surface area contributed by atoms with E-state index in [1.807, 2.05) is 30.3 Å². The molecule has 4 rings (SSSR count). The quantitative estimate of drug-likeness (QED) is 0.886. The molecule has 0 aromatic heterocycles. The van der Waals surface area contributed by atoms with Crippen molar-refractivity contribution in [1.29, 1.82) is 0 Å². The number of nitrogens with one attached hydrogen (secondary N) is 1. The summed E-state index contributed by atoms with van der Waals surface area (Å²) in [4.78, 5) is 12.3. The van der Waals surface area contributed by atoms with Crippen molar-refractivity contribution in [2.75, 3.05) is 25.8 Å². The molecule has 1 N–H and O–H groups in total. The Morgan fingerprint density at radius 1 is 1.19 bits per heavy atom. The van der Waals surface area contributed by atoms with Gasteiger partial charge in [-0.1, -0.05) is 19.1 Å². The first kappa shape index (κ1) is 16.6. The van der Waals surface area contributed by atoms with E-state index in [1.54, 1.807) is 7.11 Å². The van der Waals surface area contributed by atoms with Gasteiger partial charge in [0.15, 0.2) is 23.0 Å². The minimum atomic E-state index is -0.143. The van der Waals surface area contributed by atoms with Crippen molar-refractivity contribution in [2.24, 2.45) is 0 Å². The van der Waals surface area contributed by atoms with Crippen molar-refractivity contribution in [3.05, 3.63) is 41.5 Å². The van der Waals surface area contributed by atoms with Gasteiger partial charge in [-0.25, -0.2) is 0 Å². The zero-order valence-electron chi connectivity index (χ0n) is 14.8. The van der Waals surface area contributed by atoms with Crippen LogP contribution in [0.1, 0.15) is 36.8 Å². The van der Waals surface area contributed by atoms with Crippen LogP contribution in [0.2, 0.25) is 0 Å². The number of carbonyl (C=O) groups excluding carboxylic acids is 1. The SMILES string of the molecule is CCCOc1c(OC)cccc1[C@H]1CC(=O)Nc2cc3c(cc21)OCO3. The highest BCUT2D eigenvalue weighted by molar-refractivity contribution is 5.96. The van der Waals surface area contributed by atoms with E-state index in [2.05, 4.69) is 12.2 Å². The molecular formula is C20H21NO5. The van der Waals surface area contributed by atoms with Crippen LogP contribution in [0.3, 0.4) is 0 Å². The molecule has 6 nitrogen and oxygen atoms in total. The maximum atomic E-state index is 12.3. The van der Waals surface area contributed by atoms with Crippen LogP contribution < -0.4 is 24.3 Å². The van der Waals surface area contributed by atoms with Crippen LogP contribution in [-0.2, 0) is 4.79 Å². The zero-order chi connectivity index (χ0) is 18.1. The molecule has 136 valence electrons. The van der Waals surface area contributed by atoms with E-state index in [9.17, 15) is 4.79 Å².